The van der Waals surface area contributed by atoms with Gasteiger partial charge in [0.05, 0.1) is 24.1 Å². The quantitative estimate of drug-likeness (QED) is 0.584. The number of fused-ring (bicyclic) bond motifs is 1. The minimum atomic E-state index is 0.0517. The molecule has 1 heterocycles. The van der Waals surface area contributed by atoms with Crippen LogP contribution >= 0.6 is 11.6 Å². The van der Waals surface area contributed by atoms with Gasteiger partial charge in [0.2, 0.25) is 5.95 Å². The molecule has 0 bridgehead atoms. The summed E-state index contributed by atoms with van der Waals surface area (Å²) in [6.45, 7) is 1.94. The maximum Gasteiger partial charge on any atom is 0.229 e. The highest BCUT2D eigenvalue weighted by atomic mass is 35.5. The fourth-order valence-corrected chi connectivity index (χ4v) is 3.53. The predicted octanol–water partition coefficient (Wildman–Crippen LogP) is 5.45. The first-order valence-corrected chi connectivity index (χ1v) is 9.80. The Balaban J connectivity index is 1.75. The minimum absolute atomic E-state index is 0.0517. The SMILES string of the molecule is COc1ccccc1Nc1nc2c(c(Nc3ccc(C)c(Cl)c3)n1)C(=O)CCC2. The maximum absolute atomic E-state index is 12.6. The van der Waals surface area contributed by atoms with Crippen molar-refractivity contribution in [2.24, 2.45) is 0 Å². The number of rotatable bonds is 5. The van der Waals surface area contributed by atoms with Crippen LogP contribution < -0.4 is 15.4 Å². The van der Waals surface area contributed by atoms with E-state index in [4.69, 9.17) is 16.3 Å². The van der Waals surface area contributed by atoms with Crippen LogP contribution in [0.5, 0.6) is 5.75 Å². The van der Waals surface area contributed by atoms with Gasteiger partial charge in [-0.2, -0.15) is 4.98 Å². The molecule has 1 aliphatic carbocycles. The third-order valence-corrected chi connectivity index (χ3v) is 5.28. The number of anilines is 4. The molecule has 1 aliphatic rings. The molecule has 148 valence electrons. The van der Waals surface area contributed by atoms with Crippen molar-refractivity contribution in [2.45, 2.75) is 26.2 Å². The molecule has 2 N–H and O–H groups in total. The zero-order chi connectivity index (χ0) is 20.4. The molecule has 0 fully saturated rings. The van der Waals surface area contributed by atoms with Crippen molar-refractivity contribution in [1.82, 2.24) is 9.97 Å². The van der Waals surface area contributed by atoms with Gasteiger partial charge in [0, 0.05) is 17.1 Å². The summed E-state index contributed by atoms with van der Waals surface area (Å²) in [5, 5.41) is 7.12. The summed E-state index contributed by atoms with van der Waals surface area (Å²) in [6.07, 6.45) is 2.01. The summed E-state index contributed by atoms with van der Waals surface area (Å²) in [6, 6.07) is 13.2. The highest BCUT2D eigenvalue weighted by molar-refractivity contribution is 6.31. The molecule has 0 saturated heterocycles. The van der Waals surface area contributed by atoms with E-state index in [1.165, 1.54) is 0 Å². The Kier molecular flexibility index (Phi) is 5.36. The Morgan fingerprint density at radius 1 is 1.07 bits per heavy atom. The van der Waals surface area contributed by atoms with Gasteiger partial charge in [-0.05, 0) is 49.6 Å². The third kappa shape index (κ3) is 4.03. The van der Waals surface area contributed by atoms with E-state index in [0.29, 0.717) is 34.5 Å². The third-order valence-electron chi connectivity index (χ3n) is 4.87. The number of Topliss-reactive ketones (excluding diaryl/α,β-unsaturated/α-hetero) is 1. The number of hydrogen-bond acceptors (Lipinski definition) is 6. The second-order valence-electron chi connectivity index (χ2n) is 6.91. The molecule has 0 aliphatic heterocycles. The average molecular weight is 409 g/mol. The van der Waals surface area contributed by atoms with Gasteiger partial charge in [-0.1, -0.05) is 29.8 Å². The van der Waals surface area contributed by atoms with Gasteiger partial charge in [0.1, 0.15) is 11.6 Å². The van der Waals surface area contributed by atoms with Crippen LogP contribution in [0.25, 0.3) is 0 Å². The van der Waals surface area contributed by atoms with E-state index in [1.807, 2.05) is 49.4 Å². The molecule has 2 aromatic carbocycles. The number of aryl methyl sites for hydroxylation is 2. The van der Waals surface area contributed by atoms with E-state index >= 15 is 0 Å². The normalized spacial score (nSPS) is 13.0. The highest BCUT2D eigenvalue weighted by Crippen LogP contribution is 2.32. The fourth-order valence-electron chi connectivity index (χ4n) is 3.34. The number of carbonyl (C=O) groups excluding carboxylic acids is 1. The van der Waals surface area contributed by atoms with Gasteiger partial charge < -0.3 is 15.4 Å². The first kappa shape index (κ1) is 19.2. The van der Waals surface area contributed by atoms with Crippen molar-refractivity contribution in [3.05, 3.63) is 64.3 Å². The Morgan fingerprint density at radius 2 is 1.90 bits per heavy atom. The molecule has 29 heavy (non-hydrogen) atoms. The first-order chi connectivity index (χ1) is 14.0. The van der Waals surface area contributed by atoms with Gasteiger partial charge in [0.25, 0.3) is 0 Å². The molecule has 6 nitrogen and oxygen atoms in total. The lowest BCUT2D eigenvalue weighted by atomic mass is 9.95. The molecular weight excluding hydrogens is 388 g/mol. The Bertz CT molecular complexity index is 1080. The van der Waals surface area contributed by atoms with Crippen molar-refractivity contribution in [2.75, 3.05) is 17.7 Å². The van der Waals surface area contributed by atoms with Crippen molar-refractivity contribution in [3.8, 4) is 5.75 Å². The van der Waals surface area contributed by atoms with Crippen LogP contribution in [0.1, 0.15) is 34.5 Å². The van der Waals surface area contributed by atoms with Gasteiger partial charge in [-0.25, -0.2) is 4.98 Å². The van der Waals surface area contributed by atoms with Crippen LogP contribution in [0, 0.1) is 6.92 Å². The smallest absolute Gasteiger partial charge is 0.229 e. The van der Waals surface area contributed by atoms with Crippen molar-refractivity contribution >= 4 is 40.5 Å². The van der Waals surface area contributed by atoms with Crippen molar-refractivity contribution in [3.63, 3.8) is 0 Å². The number of ketones is 1. The molecule has 7 heteroatoms. The van der Waals surface area contributed by atoms with Crippen LogP contribution in [0.4, 0.5) is 23.1 Å². The van der Waals surface area contributed by atoms with E-state index in [-0.39, 0.29) is 5.78 Å². The summed E-state index contributed by atoms with van der Waals surface area (Å²) in [5.41, 5.74) is 3.80. The number of hydrogen-bond donors (Lipinski definition) is 2. The second-order valence-corrected chi connectivity index (χ2v) is 7.32. The number of carbonyl (C=O) groups is 1. The van der Waals surface area contributed by atoms with Crippen molar-refractivity contribution < 1.29 is 9.53 Å². The summed E-state index contributed by atoms with van der Waals surface area (Å²) in [5.74, 6) is 1.63. The Labute approximate surface area is 174 Å². The van der Waals surface area contributed by atoms with E-state index in [0.717, 1.165) is 35.5 Å². The molecular formula is C22H21ClN4O2. The topological polar surface area (TPSA) is 76.1 Å². The second kappa shape index (κ2) is 8.09. The molecule has 0 amide bonds. The molecule has 0 saturated carbocycles. The summed E-state index contributed by atoms with van der Waals surface area (Å²) >= 11 is 6.26. The molecule has 0 unspecified atom stereocenters. The number of nitrogens with one attached hydrogen (secondary N) is 2. The summed E-state index contributed by atoms with van der Waals surface area (Å²) in [4.78, 5) is 21.8. The number of methoxy groups -OCH3 is 1. The van der Waals surface area contributed by atoms with E-state index < -0.39 is 0 Å². The van der Waals surface area contributed by atoms with E-state index in [9.17, 15) is 4.79 Å². The van der Waals surface area contributed by atoms with Crippen molar-refractivity contribution in [1.29, 1.82) is 0 Å². The van der Waals surface area contributed by atoms with Gasteiger partial charge >= 0.3 is 0 Å². The zero-order valence-corrected chi connectivity index (χ0v) is 17.0. The van der Waals surface area contributed by atoms with Crippen LogP contribution in [0.15, 0.2) is 42.5 Å². The molecule has 1 aromatic heterocycles. The molecule has 0 atom stereocenters. The Hall–Kier alpha value is -3.12. The molecule has 3 aromatic rings. The van der Waals surface area contributed by atoms with Crippen LogP contribution in [-0.4, -0.2) is 22.9 Å². The average Bonchev–Trinajstić information content (AvgIpc) is 2.71. The summed E-state index contributed by atoms with van der Waals surface area (Å²) in [7, 11) is 1.61. The van der Waals surface area contributed by atoms with Gasteiger partial charge in [-0.15, -0.1) is 0 Å². The lowest BCUT2D eigenvalue weighted by molar-refractivity contribution is 0.0972. The lowest BCUT2D eigenvalue weighted by Crippen LogP contribution is -2.18. The van der Waals surface area contributed by atoms with Crippen LogP contribution in [0.3, 0.4) is 0 Å². The fraction of sp³-hybridized carbons (Fsp3) is 0.227. The standard InChI is InChI=1S/C22H21ClN4O2/c1-13-10-11-14(12-15(13)23)24-21-20-17(7-5-8-18(20)28)26-22(27-21)25-16-6-3-4-9-19(16)29-2/h3-4,6,9-12H,5,7-8H2,1-2H3,(H2,24,25,26,27). The first-order valence-electron chi connectivity index (χ1n) is 9.42. The number of ether oxygens (including phenoxy) is 1. The molecule has 0 radical (unpaired) electrons. The van der Waals surface area contributed by atoms with Crippen LogP contribution in [-0.2, 0) is 6.42 Å². The van der Waals surface area contributed by atoms with E-state index in [2.05, 4.69) is 20.6 Å². The van der Waals surface area contributed by atoms with Gasteiger partial charge in [-0.3, -0.25) is 4.79 Å². The highest BCUT2D eigenvalue weighted by Gasteiger charge is 2.25. The number of halogens is 1. The number of aromatic nitrogens is 2. The predicted molar refractivity (Wildman–Crippen MR) is 115 cm³/mol. The minimum Gasteiger partial charge on any atom is -0.495 e. The Morgan fingerprint density at radius 3 is 2.69 bits per heavy atom. The van der Waals surface area contributed by atoms with Gasteiger partial charge in [0.15, 0.2) is 5.78 Å². The largest absolute Gasteiger partial charge is 0.495 e. The maximum atomic E-state index is 12.6. The molecule has 0 spiro atoms. The lowest BCUT2D eigenvalue weighted by Gasteiger charge is -2.20. The molecule has 4 rings (SSSR count). The number of benzene rings is 2. The number of para-hydroxylation sites is 2. The number of nitrogens with zero attached hydrogens (tertiary/aromatic N) is 2. The summed E-state index contributed by atoms with van der Waals surface area (Å²) < 4.78 is 5.40. The van der Waals surface area contributed by atoms with E-state index in [1.54, 1.807) is 7.11 Å². The zero-order valence-electron chi connectivity index (χ0n) is 16.3. The van der Waals surface area contributed by atoms with Crippen LogP contribution in [0.2, 0.25) is 5.02 Å². The monoisotopic (exact) mass is 408 g/mol.